The second-order valence-electron chi connectivity index (χ2n) is 5.73. The molecule has 0 unspecified atom stereocenters. The number of halogens is 2. The molecule has 0 saturated carbocycles. The fourth-order valence-corrected chi connectivity index (χ4v) is 2.91. The minimum atomic E-state index is -0.411. The SMILES string of the molecule is Cc1cccc(Cc2ccccc2Cl)c1OC(=O)c1ccc(Cl)cc1. The molecule has 0 bridgehead atoms. The fourth-order valence-electron chi connectivity index (χ4n) is 2.58. The molecule has 0 spiro atoms. The summed E-state index contributed by atoms with van der Waals surface area (Å²) in [5.41, 5.74) is 3.25. The summed E-state index contributed by atoms with van der Waals surface area (Å²) < 4.78 is 5.69. The molecule has 0 aromatic heterocycles. The zero-order valence-electron chi connectivity index (χ0n) is 13.6. The van der Waals surface area contributed by atoms with E-state index in [1.54, 1.807) is 24.3 Å². The maximum absolute atomic E-state index is 12.5. The van der Waals surface area contributed by atoms with E-state index < -0.39 is 5.97 Å². The van der Waals surface area contributed by atoms with Crippen LogP contribution in [0.1, 0.15) is 27.0 Å². The van der Waals surface area contributed by atoms with Crippen molar-refractivity contribution in [3.8, 4) is 5.75 Å². The number of ether oxygens (including phenoxy) is 1. The van der Waals surface area contributed by atoms with Crippen molar-refractivity contribution in [1.29, 1.82) is 0 Å². The van der Waals surface area contributed by atoms with Gasteiger partial charge in [-0.25, -0.2) is 4.79 Å². The van der Waals surface area contributed by atoms with Gasteiger partial charge in [0, 0.05) is 16.5 Å². The van der Waals surface area contributed by atoms with E-state index in [1.807, 2.05) is 49.4 Å². The van der Waals surface area contributed by atoms with Gasteiger partial charge in [0.1, 0.15) is 5.75 Å². The second kappa shape index (κ2) is 7.73. The summed E-state index contributed by atoms with van der Waals surface area (Å²) in [6.45, 7) is 1.92. The molecule has 126 valence electrons. The quantitative estimate of drug-likeness (QED) is 0.408. The number of esters is 1. The number of aryl methyl sites for hydroxylation is 1. The minimum Gasteiger partial charge on any atom is -0.422 e. The van der Waals surface area contributed by atoms with Crippen LogP contribution in [-0.2, 0) is 6.42 Å². The van der Waals surface area contributed by atoms with Crippen LogP contribution in [0.25, 0.3) is 0 Å². The highest BCUT2D eigenvalue weighted by molar-refractivity contribution is 6.31. The number of rotatable bonds is 4. The van der Waals surface area contributed by atoms with Gasteiger partial charge in [0.25, 0.3) is 0 Å². The van der Waals surface area contributed by atoms with Gasteiger partial charge < -0.3 is 4.74 Å². The molecule has 0 saturated heterocycles. The summed E-state index contributed by atoms with van der Waals surface area (Å²) in [4.78, 5) is 12.5. The summed E-state index contributed by atoms with van der Waals surface area (Å²) in [5, 5.41) is 1.27. The van der Waals surface area contributed by atoms with Gasteiger partial charge in [-0.2, -0.15) is 0 Å². The number of para-hydroxylation sites is 1. The van der Waals surface area contributed by atoms with Crippen LogP contribution in [-0.4, -0.2) is 5.97 Å². The van der Waals surface area contributed by atoms with Crippen molar-refractivity contribution >= 4 is 29.2 Å². The molecule has 0 aliphatic carbocycles. The van der Waals surface area contributed by atoms with Gasteiger partial charge in [0.05, 0.1) is 5.56 Å². The van der Waals surface area contributed by atoms with E-state index in [0.29, 0.717) is 27.8 Å². The molecule has 3 aromatic rings. The highest BCUT2D eigenvalue weighted by Crippen LogP contribution is 2.29. The molecule has 0 atom stereocenters. The van der Waals surface area contributed by atoms with E-state index >= 15 is 0 Å². The van der Waals surface area contributed by atoms with Crippen molar-refractivity contribution in [3.05, 3.63) is 99.0 Å². The average Bonchev–Trinajstić information content (AvgIpc) is 2.60. The Balaban J connectivity index is 1.89. The first-order valence-electron chi connectivity index (χ1n) is 7.84. The molecular formula is C21H16Cl2O2. The van der Waals surface area contributed by atoms with E-state index in [0.717, 1.165) is 16.7 Å². The molecule has 4 heteroatoms. The Labute approximate surface area is 157 Å². The topological polar surface area (TPSA) is 26.3 Å². The molecule has 0 N–H and O–H groups in total. The van der Waals surface area contributed by atoms with Crippen LogP contribution < -0.4 is 4.74 Å². The highest BCUT2D eigenvalue weighted by atomic mass is 35.5. The summed E-state index contributed by atoms with van der Waals surface area (Å²) in [6, 6.07) is 20.1. The Morgan fingerprint density at radius 3 is 2.28 bits per heavy atom. The maximum Gasteiger partial charge on any atom is 0.343 e. The van der Waals surface area contributed by atoms with Crippen LogP contribution in [0.2, 0.25) is 10.0 Å². The monoisotopic (exact) mass is 370 g/mol. The van der Waals surface area contributed by atoms with Crippen molar-refractivity contribution in [2.75, 3.05) is 0 Å². The molecule has 3 aromatic carbocycles. The molecule has 2 nitrogen and oxygen atoms in total. The third kappa shape index (κ3) is 4.22. The van der Waals surface area contributed by atoms with Crippen LogP contribution in [0.5, 0.6) is 5.75 Å². The number of hydrogen-bond acceptors (Lipinski definition) is 2. The summed E-state index contributed by atoms with van der Waals surface area (Å²) in [6.07, 6.45) is 0.588. The summed E-state index contributed by atoms with van der Waals surface area (Å²) in [7, 11) is 0. The van der Waals surface area contributed by atoms with Crippen molar-refractivity contribution in [1.82, 2.24) is 0 Å². The molecule has 0 aliphatic rings. The lowest BCUT2D eigenvalue weighted by Crippen LogP contribution is -2.11. The van der Waals surface area contributed by atoms with Crippen molar-refractivity contribution in [2.24, 2.45) is 0 Å². The largest absolute Gasteiger partial charge is 0.422 e. The van der Waals surface area contributed by atoms with Gasteiger partial charge in [0.15, 0.2) is 0 Å². The van der Waals surface area contributed by atoms with Crippen LogP contribution >= 0.6 is 23.2 Å². The zero-order valence-corrected chi connectivity index (χ0v) is 15.1. The first-order valence-corrected chi connectivity index (χ1v) is 8.60. The number of carbonyl (C=O) groups excluding carboxylic acids is 1. The Morgan fingerprint density at radius 2 is 1.56 bits per heavy atom. The Bertz CT molecular complexity index is 902. The van der Waals surface area contributed by atoms with Gasteiger partial charge >= 0.3 is 5.97 Å². The van der Waals surface area contributed by atoms with E-state index in [4.69, 9.17) is 27.9 Å². The standard InChI is InChI=1S/C21H16Cl2O2/c1-14-5-4-7-17(13-16-6-2-3-8-19(16)23)20(14)25-21(24)15-9-11-18(22)12-10-15/h2-12H,13H2,1H3. The third-order valence-corrected chi connectivity index (χ3v) is 4.53. The fraction of sp³-hybridized carbons (Fsp3) is 0.0952. The summed E-state index contributed by atoms with van der Waals surface area (Å²) in [5.74, 6) is 0.161. The lowest BCUT2D eigenvalue weighted by molar-refractivity contribution is 0.0732. The Kier molecular flexibility index (Phi) is 5.42. The van der Waals surface area contributed by atoms with E-state index in [2.05, 4.69) is 0 Å². The summed E-state index contributed by atoms with van der Waals surface area (Å²) >= 11 is 12.1. The average molecular weight is 371 g/mol. The van der Waals surface area contributed by atoms with Gasteiger partial charge in [-0.1, -0.05) is 59.6 Å². The second-order valence-corrected chi connectivity index (χ2v) is 6.57. The molecule has 3 rings (SSSR count). The zero-order chi connectivity index (χ0) is 17.8. The van der Waals surface area contributed by atoms with Crippen LogP contribution in [0.3, 0.4) is 0 Å². The van der Waals surface area contributed by atoms with E-state index in [9.17, 15) is 4.79 Å². The number of carbonyl (C=O) groups is 1. The predicted octanol–water partition coefficient (Wildman–Crippen LogP) is 6.11. The predicted molar refractivity (Wildman–Crippen MR) is 102 cm³/mol. The molecular weight excluding hydrogens is 355 g/mol. The van der Waals surface area contributed by atoms with Gasteiger partial charge in [-0.3, -0.25) is 0 Å². The molecule has 25 heavy (non-hydrogen) atoms. The Morgan fingerprint density at radius 1 is 0.880 bits per heavy atom. The first-order chi connectivity index (χ1) is 12.0. The third-order valence-electron chi connectivity index (χ3n) is 3.91. The number of benzene rings is 3. The minimum absolute atomic E-state index is 0.411. The Hall–Kier alpha value is -2.29. The van der Waals surface area contributed by atoms with Gasteiger partial charge in [-0.05, 0) is 53.9 Å². The van der Waals surface area contributed by atoms with Crippen molar-refractivity contribution in [3.63, 3.8) is 0 Å². The van der Waals surface area contributed by atoms with Crippen molar-refractivity contribution in [2.45, 2.75) is 13.3 Å². The maximum atomic E-state index is 12.5. The normalized spacial score (nSPS) is 10.5. The van der Waals surface area contributed by atoms with Gasteiger partial charge in [0.2, 0.25) is 0 Å². The molecule has 0 amide bonds. The molecule has 0 heterocycles. The lowest BCUT2D eigenvalue weighted by atomic mass is 10.0. The lowest BCUT2D eigenvalue weighted by Gasteiger charge is -2.13. The van der Waals surface area contributed by atoms with E-state index in [-0.39, 0.29) is 0 Å². The van der Waals surface area contributed by atoms with Crippen LogP contribution in [0.15, 0.2) is 66.7 Å². The first kappa shape index (κ1) is 17.5. The van der Waals surface area contributed by atoms with Gasteiger partial charge in [-0.15, -0.1) is 0 Å². The smallest absolute Gasteiger partial charge is 0.343 e. The molecule has 0 aliphatic heterocycles. The van der Waals surface area contributed by atoms with Crippen LogP contribution in [0.4, 0.5) is 0 Å². The van der Waals surface area contributed by atoms with Crippen molar-refractivity contribution < 1.29 is 9.53 Å². The van der Waals surface area contributed by atoms with E-state index in [1.165, 1.54) is 0 Å². The van der Waals surface area contributed by atoms with Crippen LogP contribution in [0, 0.1) is 6.92 Å². The molecule has 0 radical (unpaired) electrons. The molecule has 0 fully saturated rings. The highest BCUT2D eigenvalue weighted by Gasteiger charge is 2.15. The number of hydrogen-bond donors (Lipinski definition) is 0.